The zero-order valence-electron chi connectivity index (χ0n) is 32.5. The molecule has 2 heterocycles. The fraction of sp³-hybridized carbons (Fsp3) is 0.0364. The first-order valence-corrected chi connectivity index (χ1v) is 20.1. The first-order valence-electron chi connectivity index (χ1n) is 20.1. The van der Waals surface area contributed by atoms with Crippen molar-refractivity contribution in [2.75, 3.05) is 7.05 Å². The Hall–Kier alpha value is -7.69. The Kier molecular flexibility index (Phi) is 8.41. The zero-order chi connectivity index (χ0) is 39.3. The van der Waals surface area contributed by atoms with Gasteiger partial charge in [0.1, 0.15) is 5.84 Å². The number of hydrogen-bond acceptors (Lipinski definition) is 4. The van der Waals surface area contributed by atoms with Crippen LogP contribution in [0.4, 0.5) is 0 Å². The van der Waals surface area contributed by atoms with Gasteiger partial charge < -0.3 is 4.90 Å². The monoisotopic (exact) mass is 754 g/mol. The average Bonchev–Trinajstić information content (AvgIpc) is 3.31. The second kappa shape index (κ2) is 14.4. The molecular weight excluding hydrogens is 717 g/mol. The van der Waals surface area contributed by atoms with Crippen molar-refractivity contribution in [2.45, 2.75) is 6.17 Å². The highest BCUT2D eigenvalue weighted by Crippen LogP contribution is 2.40. The molecule has 278 valence electrons. The summed E-state index contributed by atoms with van der Waals surface area (Å²) in [7, 11) is 2.11. The molecule has 10 aromatic rings. The Morgan fingerprint density at radius 3 is 1.76 bits per heavy atom. The Balaban J connectivity index is 1.06. The van der Waals surface area contributed by atoms with E-state index in [4.69, 9.17) is 15.0 Å². The lowest BCUT2D eigenvalue weighted by Gasteiger charge is -2.33. The smallest absolute Gasteiger partial charge is 0.159 e. The van der Waals surface area contributed by atoms with Crippen molar-refractivity contribution < 1.29 is 0 Å². The molecule has 1 atom stereocenters. The third-order valence-corrected chi connectivity index (χ3v) is 11.6. The number of aromatic nitrogens is 1. The number of benzene rings is 9. The molecule has 0 amide bonds. The summed E-state index contributed by atoms with van der Waals surface area (Å²) in [5.74, 6) is 1.61. The van der Waals surface area contributed by atoms with Crippen LogP contribution in [0.2, 0.25) is 0 Å². The fourth-order valence-electron chi connectivity index (χ4n) is 8.68. The fourth-order valence-corrected chi connectivity index (χ4v) is 8.68. The van der Waals surface area contributed by atoms with E-state index in [1.165, 1.54) is 32.7 Å². The number of aliphatic imine (C=N–C) groups is 2. The third-order valence-electron chi connectivity index (χ3n) is 11.6. The van der Waals surface area contributed by atoms with Crippen LogP contribution in [-0.2, 0) is 0 Å². The molecule has 4 heteroatoms. The predicted octanol–water partition coefficient (Wildman–Crippen LogP) is 13.5. The van der Waals surface area contributed by atoms with Gasteiger partial charge in [0.2, 0.25) is 0 Å². The van der Waals surface area contributed by atoms with Gasteiger partial charge in [-0.15, -0.1) is 0 Å². The number of nitrogens with zero attached hydrogens (tertiary/aromatic N) is 4. The largest absolute Gasteiger partial charge is 0.333 e. The van der Waals surface area contributed by atoms with Crippen LogP contribution in [0.3, 0.4) is 0 Å². The lowest BCUT2D eigenvalue weighted by Crippen LogP contribution is -2.35. The highest BCUT2D eigenvalue weighted by atomic mass is 15.3. The number of hydrogen-bond donors (Lipinski definition) is 0. The molecule has 11 rings (SSSR count). The van der Waals surface area contributed by atoms with Crippen LogP contribution in [0.15, 0.2) is 216 Å². The van der Waals surface area contributed by atoms with Crippen LogP contribution < -0.4 is 0 Å². The Morgan fingerprint density at radius 2 is 1.02 bits per heavy atom. The summed E-state index contributed by atoms with van der Waals surface area (Å²) < 4.78 is 0. The molecule has 0 fully saturated rings. The van der Waals surface area contributed by atoms with Gasteiger partial charge in [0, 0.05) is 39.9 Å². The normalized spacial score (nSPS) is 14.2. The van der Waals surface area contributed by atoms with E-state index in [0.29, 0.717) is 0 Å². The molecule has 0 N–H and O–H groups in total. The van der Waals surface area contributed by atoms with Gasteiger partial charge >= 0.3 is 0 Å². The van der Waals surface area contributed by atoms with E-state index in [9.17, 15) is 0 Å². The molecule has 0 aliphatic carbocycles. The Bertz CT molecular complexity index is 3290. The van der Waals surface area contributed by atoms with Crippen LogP contribution in [0.1, 0.15) is 22.9 Å². The predicted molar refractivity (Wildman–Crippen MR) is 247 cm³/mol. The van der Waals surface area contributed by atoms with E-state index in [1.54, 1.807) is 0 Å². The van der Waals surface area contributed by atoms with E-state index in [2.05, 4.69) is 218 Å². The lowest BCUT2D eigenvalue weighted by atomic mass is 9.91. The van der Waals surface area contributed by atoms with Crippen molar-refractivity contribution in [2.24, 2.45) is 9.98 Å². The molecule has 1 aliphatic heterocycles. The number of amidine groups is 2. The molecule has 1 aliphatic rings. The molecule has 59 heavy (non-hydrogen) atoms. The zero-order valence-corrected chi connectivity index (χ0v) is 32.5. The maximum atomic E-state index is 5.40. The SMILES string of the molecule is CN1C(c2ccc3ccccc3c2)=NC(c2ccc3ccccc3c2)=NC1c1cccc(-c2ccc3nc(-c4ccccc4)c4cccc(-c5ccccc5)c4c3c2)c1. The highest BCUT2D eigenvalue weighted by molar-refractivity contribution is 6.18. The Labute approximate surface area is 343 Å². The molecule has 0 bridgehead atoms. The minimum absolute atomic E-state index is 0.309. The van der Waals surface area contributed by atoms with E-state index in [0.717, 1.165) is 72.4 Å². The van der Waals surface area contributed by atoms with Crippen molar-refractivity contribution in [1.82, 2.24) is 9.88 Å². The van der Waals surface area contributed by atoms with Crippen molar-refractivity contribution in [3.05, 3.63) is 223 Å². The Morgan fingerprint density at radius 1 is 0.424 bits per heavy atom. The molecule has 9 aromatic carbocycles. The molecule has 0 saturated heterocycles. The third kappa shape index (κ3) is 6.23. The van der Waals surface area contributed by atoms with Gasteiger partial charge in [0.05, 0.1) is 11.2 Å². The van der Waals surface area contributed by atoms with Crippen LogP contribution >= 0.6 is 0 Å². The minimum atomic E-state index is -0.309. The summed E-state index contributed by atoms with van der Waals surface area (Å²) in [6.07, 6.45) is -0.309. The summed E-state index contributed by atoms with van der Waals surface area (Å²) >= 11 is 0. The van der Waals surface area contributed by atoms with Crippen molar-refractivity contribution >= 4 is 54.9 Å². The number of pyridine rings is 1. The van der Waals surface area contributed by atoms with E-state index >= 15 is 0 Å². The summed E-state index contributed by atoms with van der Waals surface area (Å²) in [5.41, 5.74) is 10.8. The number of rotatable bonds is 6. The minimum Gasteiger partial charge on any atom is -0.333 e. The van der Waals surface area contributed by atoms with E-state index < -0.39 is 0 Å². The van der Waals surface area contributed by atoms with E-state index in [-0.39, 0.29) is 6.17 Å². The first kappa shape index (κ1) is 34.5. The summed E-state index contributed by atoms with van der Waals surface area (Å²) in [5, 5.41) is 8.20. The van der Waals surface area contributed by atoms with Crippen LogP contribution in [0, 0.1) is 0 Å². The molecule has 4 nitrogen and oxygen atoms in total. The molecule has 0 radical (unpaired) electrons. The molecule has 0 spiro atoms. The van der Waals surface area contributed by atoms with Crippen molar-refractivity contribution in [3.63, 3.8) is 0 Å². The van der Waals surface area contributed by atoms with Crippen LogP contribution in [-0.4, -0.2) is 28.6 Å². The quantitative estimate of drug-likeness (QED) is 0.159. The summed E-state index contributed by atoms with van der Waals surface area (Å²) in [6.45, 7) is 0. The highest BCUT2D eigenvalue weighted by Gasteiger charge is 2.27. The van der Waals surface area contributed by atoms with Crippen LogP contribution in [0.25, 0.3) is 76.7 Å². The van der Waals surface area contributed by atoms with Crippen molar-refractivity contribution in [3.8, 4) is 33.5 Å². The second-order valence-corrected chi connectivity index (χ2v) is 15.3. The lowest BCUT2D eigenvalue weighted by molar-refractivity contribution is 0.383. The second-order valence-electron chi connectivity index (χ2n) is 15.3. The van der Waals surface area contributed by atoms with Crippen LogP contribution in [0.5, 0.6) is 0 Å². The van der Waals surface area contributed by atoms with Gasteiger partial charge in [0.15, 0.2) is 12.0 Å². The van der Waals surface area contributed by atoms with Gasteiger partial charge in [-0.1, -0.05) is 176 Å². The van der Waals surface area contributed by atoms with E-state index in [1.807, 2.05) is 0 Å². The topological polar surface area (TPSA) is 40.9 Å². The van der Waals surface area contributed by atoms with Gasteiger partial charge in [0.25, 0.3) is 0 Å². The molecular formula is C55H38N4. The molecule has 1 aromatic heterocycles. The summed E-state index contributed by atoms with van der Waals surface area (Å²) in [6, 6.07) is 73.4. The van der Waals surface area contributed by atoms with Gasteiger partial charge in [-0.2, -0.15) is 0 Å². The van der Waals surface area contributed by atoms with Gasteiger partial charge in [-0.25, -0.2) is 15.0 Å². The molecule has 0 saturated carbocycles. The number of fused-ring (bicyclic) bond motifs is 5. The maximum Gasteiger partial charge on any atom is 0.159 e. The van der Waals surface area contributed by atoms with Crippen molar-refractivity contribution in [1.29, 1.82) is 0 Å². The average molecular weight is 755 g/mol. The summed E-state index contributed by atoms with van der Waals surface area (Å²) in [4.78, 5) is 18.2. The standard InChI is InChI=1S/C55H38N4/c1-59-54(57-53(44-28-26-36-14-8-10-20-40(36)32-44)58-55(59)46-29-27-37-15-9-11-21-41(37)33-46)45-23-12-22-42(34-45)43-30-31-50-49(35-43)51-47(38-16-4-2-5-17-38)24-13-25-48(51)52(56-50)39-18-6-3-7-19-39/h2-35,54H,1H3. The molecule has 1 unspecified atom stereocenters. The van der Waals surface area contributed by atoms with Gasteiger partial charge in [-0.05, 0) is 79.7 Å². The first-order chi connectivity index (χ1) is 29.1. The van der Waals surface area contributed by atoms with Gasteiger partial charge in [-0.3, -0.25) is 0 Å². The maximum absolute atomic E-state index is 5.40.